The zero-order chi connectivity index (χ0) is 14.7. The van der Waals surface area contributed by atoms with Crippen molar-refractivity contribution in [2.75, 3.05) is 5.73 Å². The van der Waals surface area contributed by atoms with Crippen molar-refractivity contribution in [3.05, 3.63) is 33.9 Å². The van der Waals surface area contributed by atoms with Gasteiger partial charge in [0.1, 0.15) is 11.3 Å². The summed E-state index contributed by atoms with van der Waals surface area (Å²) in [6.07, 6.45) is 2.28. The molecule has 1 aromatic carbocycles. The van der Waals surface area contributed by atoms with Gasteiger partial charge >= 0.3 is 5.69 Å². The Morgan fingerprint density at radius 3 is 2.60 bits per heavy atom. The number of nitro benzene ring substituents is 1. The highest BCUT2D eigenvalue weighted by Gasteiger charge is 2.26. The first-order valence-electron chi connectivity index (χ1n) is 6.51. The van der Waals surface area contributed by atoms with E-state index in [1.165, 1.54) is 18.2 Å². The van der Waals surface area contributed by atoms with Crippen molar-refractivity contribution in [2.24, 2.45) is 0 Å². The number of rotatable bonds is 3. The normalized spacial score (nSPS) is 22.2. The van der Waals surface area contributed by atoms with Gasteiger partial charge in [-0.05, 0) is 37.8 Å². The molecule has 1 aromatic rings. The van der Waals surface area contributed by atoms with E-state index in [2.05, 4.69) is 5.32 Å². The number of nitro groups is 1. The predicted molar refractivity (Wildman–Crippen MR) is 73.2 cm³/mol. The molecule has 108 valence electrons. The number of carbonyl (C=O) groups excluding carboxylic acids is 1. The lowest BCUT2D eigenvalue weighted by Gasteiger charge is -2.26. The van der Waals surface area contributed by atoms with E-state index in [-0.39, 0.29) is 29.1 Å². The Morgan fingerprint density at radius 2 is 2.00 bits per heavy atom. The first kappa shape index (κ1) is 14.3. The zero-order valence-electron chi connectivity index (χ0n) is 10.9. The fourth-order valence-electron chi connectivity index (χ4n) is 2.43. The lowest BCUT2D eigenvalue weighted by Crippen LogP contribution is -2.38. The van der Waals surface area contributed by atoms with Gasteiger partial charge in [0, 0.05) is 6.04 Å². The molecule has 2 rings (SSSR count). The van der Waals surface area contributed by atoms with Crippen LogP contribution in [0.25, 0.3) is 0 Å². The standard InChI is InChI=1S/C13H17N3O4/c14-11-3-1-2-10(12(11)16(19)20)13(18)15-8-4-6-9(17)7-5-8/h1-3,8-9,17H,4-7,14H2,(H,15,18). The molecule has 20 heavy (non-hydrogen) atoms. The van der Waals surface area contributed by atoms with Gasteiger partial charge in [-0.15, -0.1) is 0 Å². The van der Waals surface area contributed by atoms with Crippen LogP contribution in [0, 0.1) is 10.1 Å². The maximum Gasteiger partial charge on any atom is 0.304 e. The van der Waals surface area contributed by atoms with Crippen molar-refractivity contribution in [3.8, 4) is 0 Å². The Hall–Kier alpha value is -2.15. The molecular weight excluding hydrogens is 262 g/mol. The summed E-state index contributed by atoms with van der Waals surface area (Å²) in [5.74, 6) is -0.495. The Morgan fingerprint density at radius 1 is 1.35 bits per heavy atom. The van der Waals surface area contributed by atoms with Crippen molar-refractivity contribution in [1.82, 2.24) is 5.32 Å². The second-order valence-electron chi connectivity index (χ2n) is 4.98. The molecule has 0 bridgehead atoms. The van der Waals surface area contributed by atoms with E-state index in [4.69, 9.17) is 5.73 Å². The molecule has 0 aromatic heterocycles. The number of nitrogens with two attached hydrogens (primary N) is 1. The third-order valence-electron chi connectivity index (χ3n) is 3.53. The summed E-state index contributed by atoms with van der Waals surface area (Å²) in [6.45, 7) is 0. The summed E-state index contributed by atoms with van der Waals surface area (Å²) < 4.78 is 0. The highest BCUT2D eigenvalue weighted by Crippen LogP contribution is 2.26. The number of nitrogen functional groups attached to an aromatic ring is 1. The van der Waals surface area contributed by atoms with Crippen molar-refractivity contribution < 1.29 is 14.8 Å². The van der Waals surface area contributed by atoms with Crippen molar-refractivity contribution in [1.29, 1.82) is 0 Å². The van der Waals surface area contributed by atoms with Crippen molar-refractivity contribution in [2.45, 2.75) is 37.8 Å². The SMILES string of the molecule is Nc1cccc(C(=O)NC2CCC(O)CC2)c1[N+](=O)[O-]. The number of nitrogens with one attached hydrogen (secondary N) is 1. The van der Waals surface area contributed by atoms with Gasteiger partial charge in [-0.2, -0.15) is 0 Å². The van der Waals surface area contributed by atoms with E-state index in [0.717, 1.165) is 0 Å². The molecule has 1 amide bonds. The van der Waals surface area contributed by atoms with Crippen LogP contribution in [0.3, 0.4) is 0 Å². The van der Waals surface area contributed by atoms with Crippen LogP contribution in [0.15, 0.2) is 18.2 Å². The van der Waals surface area contributed by atoms with Crippen LogP contribution in [-0.4, -0.2) is 28.1 Å². The average molecular weight is 279 g/mol. The van der Waals surface area contributed by atoms with Crippen molar-refractivity contribution in [3.63, 3.8) is 0 Å². The molecule has 0 spiro atoms. The van der Waals surface area contributed by atoms with E-state index < -0.39 is 10.8 Å². The summed E-state index contributed by atoms with van der Waals surface area (Å²) in [5.41, 5.74) is 5.14. The third-order valence-corrected chi connectivity index (χ3v) is 3.53. The molecule has 1 fully saturated rings. The Balaban J connectivity index is 2.13. The fraction of sp³-hybridized carbons (Fsp3) is 0.462. The second kappa shape index (κ2) is 5.87. The number of nitrogens with zero attached hydrogens (tertiary/aromatic N) is 1. The van der Waals surface area contributed by atoms with Crippen LogP contribution < -0.4 is 11.1 Å². The lowest BCUT2D eigenvalue weighted by atomic mass is 9.93. The first-order valence-corrected chi connectivity index (χ1v) is 6.51. The predicted octanol–water partition coefficient (Wildman–Crippen LogP) is 1.21. The number of aliphatic hydroxyl groups excluding tert-OH is 1. The summed E-state index contributed by atoms with van der Waals surface area (Å²) in [7, 11) is 0. The van der Waals surface area contributed by atoms with Crippen LogP contribution in [-0.2, 0) is 0 Å². The molecule has 0 aliphatic heterocycles. The minimum Gasteiger partial charge on any atom is -0.393 e. The number of amides is 1. The smallest absolute Gasteiger partial charge is 0.304 e. The largest absolute Gasteiger partial charge is 0.393 e. The number of anilines is 1. The molecule has 0 atom stereocenters. The number of benzene rings is 1. The molecule has 1 aliphatic rings. The molecule has 0 unspecified atom stereocenters. The summed E-state index contributed by atoms with van der Waals surface area (Å²) in [5, 5.41) is 23.2. The Kier molecular flexibility index (Phi) is 4.19. The third kappa shape index (κ3) is 3.05. The van der Waals surface area contributed by atoms with E-state index in [9.17, 15) is 20.0 Å². The lowest BCUT2D eigenvalue weighted by molar-refractivity contribution is -0.384. The second-order valence-corrected chi connectivity index (χ2v) is 4.98. The van der Waals surface area contributed by atoms with Crippen LogP contribution in [0.5, 0.6) is 0 Å². The molecule has 7 nitrogen and oxygen atoms in total. The molecular formula is C13H17N3O4. The van der Waals surface area contributed by atoms with E-state index in [0.29, 0.717) is 25.7 Å². The van der Waals surface area contributed by atoms with Crippen molar-refractivity contribution >= 4 is 17.3 Å². The summed E-state index contributed by atoms with van der Waals surface area (Å²) in [4.78, 5) is 22.5. The van der Waals surface area contributed by atoms with Crippen LogP contribution in [0.4, 0.5) is 11.4 Å². The quantitative estimate of drug-likeness (QED) is 0.436. The minimum absolute atomic E-state index is 0.0262. The van der Waals surface area contributed by atoms with Gasteiger partial charge in [0.2, 0.25) is 0 Å². The van der Waals surface area contributed by atoms with Crippen LogP contribution in [0.2, 0.25) is 0 Å². The van der Waals surface area contributed by atoms with E-state index in [1.807, 2.05) is 0 Å². The first-order chi connectivity index (χ1) is 9.49. The Labute approximate surface area is 115 Å². The fourth-order valence-corrected chi connectivity index (χ4v) is 2.43. The van der Waals surface area contributed by atoms with Gasteiger partial charge in [0.25, 0.3) is 5.91 Å². The molecule has 7 heteroatoms. The number of hydrogen-bond acceptors (Lipinski definition) is 5. The maximum atomic E-state index is 12.1. The van der Waals surface area contributed by atoms with E-state index >= 15 is 0 Å². The molecule has 0 heterocycles. The summed E-state index contributed by atoms with van der Waals surface area (Å²) in [6, 6.07) is 4.24. The number of para-hydroxylation sites is 1. The van der Waals surface area contributed by atoms with Gasteiger partial charge in [-0.1, -0.05) is 6.07 Å². The topological polar surface area (TPSA) is 118 Å². The highest BCUT2D eigenvalue weighted by atomic mass is 16.6. The zero-order valence-corrected chi connectivity index (χ0v) is 10.9. The van der Waals surface area contributed by atoms with Gasteiger partial charge < -0.3 is 16.2 Å². The van der Waals surface area contributed by atoms with Crippen LogP contribution in [0.1, 0.15) is 36.0 Å². The Bertz CT molecular complexity index is 524. The number of carbonyl (C=O) groups is 1. The van der Waals surface area contributed by atoms with Crippen LogP contribution >= 0.6 is 0 Å². The monoisotopic (exact) mass is 279 g/mol. The molecule has 1 saturated carbocycles. The summed E-state index contributed by atoms with van der Waals surface area (Å²) >= 11 is 0. The molecule has 4 N–H and O–H groups in total. The minimum atomic E-state index is -0.644. The molecule has 0 radical (unpaired) electrons. The van der Waals surface area contributed by atoms with Gasteiger partial charge in [0.15, 0.2) is 0 Å². The maximum absolute atomic E-state index is 12.1. The van der Waals surface area contributed by atoms with Gasteiger partial charge in [-0.25, -0.2) is 0 Å². The highest BCUT2D eigenvalue weighted by molar-refractivity contribution is 6.00. The van der Waals surface area contributed by atoms with Gasteiger partial charge in [-0.3, -0.25) is 14.9 Å². The van der Waals surface area contributed by atoms with Gasteiger partial charge in [0.05, 0.1) is 11.0 Å². The van der Waals surface area contributed by atoms with E-state index in [1.54, 1.807) is 0 Å². The molecule has 1 aliphatic carbocycles. The number of aliphatic hydroxyl groups is 1. The number of hydrogen-bond donors (Lipinski definition) is 3. The molecule has 0 saturated heterocycles. The average Bonchev–Trinajstić information content (AvgIpc) is 2.40.